The largest absolute Gasteiger partial charge is 0.322 e. The van der Waals surface area contributed by atoms with Crippen LogP contribution in [0.2, 0.25) is 0 Å². The summed E-state index contributed by atoms with van der Waals surface area (Å²) in [6.45, 7) is 1.61. The smallest absolute Gasteiger partial charge is 0.255 e. The quantitative estimate of drug-likeness (QED) is 0.656. The molecule has 32 heavy (non-hydrogen) atoms. The van der Waals surface area contributed by atoms with Crippen molar-refractivity contribution in [2.45, 2.75) is 50.9 Å². The van der Waals surface area contributed by atoms with Crippen LogP contribution in [0.15, 0.2) is 48.5 Å². The first-order valence-corrected chi connectivity index (χ1v) is 13.4. The maximum Gasteiger partial charge on any atom is 0.255 e. The molecule has 0 unspecified atom stereocenters. The van der Waals surface area contributed by atoms with Gasteiger partial charge in [-0.25, -0.2) is 8.42 Å². The molecule has 4 saturated carbocycles. The normalized spacial score (nSPS) is 28.5. The van der Waals surface area contributed by atoms with Gasteiger partial charge in [0.15, 0.2) is 0 Å². The summed E-state index contributed by atoms with van der Waals surface area (Å²) in [6, 6.07) is 15.2. The van der Waals surface area contributed by atoms with Crippen LogP contribution in [-0.4, -0.2) is 27.1 Å². The third kappa shape index (κ3) is 3.83. The average Bonchev–Trinajstić information content (AvgIpc) is 2.78. The van der Waals surface area contributed by atoms with Gasteiger partial charge in [-0.1, -0.05) is 12.1 Å². The molecule has 6 heteroatoms. The molecule has 5 nitrogen and oxygen atoms in total. The number of carbonyl (C=O) groups excluding carboxylic acids is 1. The first-order valence-electron chi connectivity index (χ1n) is 11.8. The lowest BCUT2D eigenvalue weighted by atomic mass is 9.48. The zero-order valence-corrected chi connectivity index (χ0v) is 19.7. The maximum absolute atomic E-state index is 12.7. The molecule has 0 saturated heterocycles. The number of hydrogen-bond donors (Lipinski definition) is 1. The van der Waals surface area contributed by atoms with Crippen molar-refractivity contribution >= 4 is 27.3 Å². The van der Waals surface area contributed by atoms with Crippen LogP contribution in [0.3, 0.4) is 0 Å². The van der Waals surface area contributed by atoms with Crippen LogP contribution in [-0.2, 0) is 15.4 Å². The van der Waals surface area contributed by atoms with Gasteiger partial charge >= 0.3 is 0 Å². The number of anilines is 2. The third-order valence-electron chi connectivity index (χ3n) is 8.07. The van der Waals surface area contributed by atoms with E-state index >= 15 is 0 Å². The van der Waals surface area contributed by atoms with Crippen molar-refractivity contribution < 1.29 is 13.2 Å². The Bertz CT molecular complexity index is 1070. The van der Waals surface area contributed by atoms with E-state index in [0.717, 1.165) is 23.4 Å². The number of amides is 1. The van der Waals surface area contributed by atoms with Crippen LogP contribution in [0, 0.1) is 17.8 Å². The number of nitrogens with one attached hydrogen (secondary N) is 1. The fourth-order valence-electron chi connectivity index (χ4n) is 6.75. The van der Waals surface area contributed by atoms with Gasteiger partial charge in [-0.3, -0.25) is 9.10 Å². The lowest BCUT2D eigenvalue weighted by Gasteiger charge is -2.57. The van der Waals surface area contributed by atoms with Gasteiger partial charge in [0.1, 0.15) is 0 Å². The summed E-state index contributed by atoms with van der Waals surface area (Å²) in [6.07, 6.45) is 8.31. The van der Waals surface area contributed by atoms with Gasteiger partial charge in [-0.2, -0.15) is 0 Å². The van der Waals surface area contributed by atoms with E-state index in [-0.39, 0.29) is 11.7 Å². The van der Waals surface area contributed by atoms with E-state index in [1.807, 2.05) is 12.1 Å². The highest BCUT2D eigenvalue weighted by molar-refractivity contribution is 7.92. The summed E-state index contributed by atoms with van der Waals surface area (Å²) in [5.41, 5.74) is 3.64. The van der Waals surface area contributed by atoms with E-state index in [9.17, 15) is 13.2 Å². The Hall–Kier alpha value is -2.34. The molecule has 0 heterocycles. The predicted octanol–water partition coefficient (Wildman–Crippen LogP) is 5.19. The third-order valence-corrected chi connectivity index (χ3v) is 9.84. The highest BCUT2D eigenvalue weighted by Gasteiger charge is 2.51. The molecule has 4 aliphatic rings. The van der Waals surface area contributed by atoms with E-state index in [1.54, 1.807) is 31.2 Å². The molecule has 1 N–H and O–H groups in total. The molecule has 0 aliphatic heterocycles. The van der Waals surface area contributed by atoms with Crippen molar-refractivity contribution in [1.82, 2.24) is 0 Å². The summed E-state index contributed by atoms with van der Waals surface area (Å²) in [5, 5.41) is 2.98. The van der Waals surface area contributed by atoms with Gasteiger partial charge in [0.2, 0.25) is 10.0 Å². The fourth-order valence-corrected chi connectivity index (χ4v) is 7.58. The number of hydrogen-bond acceptors (Lipinski definition) is 3. The Balaban J connectivity index is 1.27. The maximum atomic E-state index is 12.7. The zero-order valence-electron chi connectivity index (χ0n) is 18.9. The summed E-state index contributed by atoms with van der Waals surface area (Å²) < 4.78 is 25.3. The van der Waals surface area contributed by atoms with Crippen LogP contribution in [0.1, 0.15) is 61.4 Å². The predicted molar refractivity (Wildman–Crippen MR) is 129 cm³/mol. The van der Waals surface area contributed by atoms with Gasteiger partial charge in [-0.15, -0.1) is 0 Å². The SMILES string of the molecule is CCS(=O)(=O)N(C)c1ccc(C(=O)Nc2ccc(C34CC5CC(CC(C5)C3)C4)cc2)cc1. The molecule has 4 aliphatic carbocycles. The van der Waals surface area contributed by atoms with Gasteiger partial charge in [0.05, 0.1) is 11.4 Å². The number of sulfonamides is 1. The number of nitrogens with zero attached hydrogens (tertiary/aromatic N) is 1. The average molecular weight is 453 g/mol. The summed E-state index contributed by atoms with van der Waals surface area (Å²) in [4.78, 5) is 12.7. The van der Waals surface area contributed by atoms with E-state index in [0.29, 0.717) is 16.7 Å². The molecule has 170 valence electrons. The molecular formula is C26H32N2O3S. The number of rotatable bonds is 6. The first kappa shape index (κ1) is 21.5. The van der Waals surface area contributed by atoms with E-state index < -0.39 is 10.0 Å². The van der Waals surface area contributed by atoms with E-state index in [2.05, 4.69) is 17.4 Å². The number of benzene rings is 2. The molecule has 2 aromatic rings. The summed E-state index contributed by atoms with van der Waals surface area (Å²) in [7, 11) is -1.79. The molecule has 2 aromatic carbocycles. The Morgan fingerprint density at radius 2 is 1.47 bits per heavy atom. The van der Waals surface area contributed by atoms with Crippen molar-refractivity contribution in [3.05, 3.63) is 59.7 Å². The standard InChI is InChI=1S/C26H32N2O3S/c1-3-32(30,31)28(2)24-10-4-21(5-11-24)25(29)27-23-8-6-22(7-9-23)26-15-18-12-19(16-26)14-20(13-18)17-26/h4-11,18-20H,3,12-17H2,1-2H3,(H,27,29). The molecule has 0 aromatic heterocycles. The topological polar surface area (TPSA) is 66.5 Å². The van der Waals surface area contributed by atoms with E-state index in [1.165, 1.54) is 55.4 Å². The van der Waals surface area contributed by atoms with Gasteiger partial charge in [0.25, 0.3) is 5.91 Å². The van der Waals surface area contributed by atoms with Crippen LogP contribution in [0.25, 0.3) is 0 Å². The Kier molecular flexibility index (Phi) is 5.31. The summed E-state index contributed by atoms with van der Waals surface area (Å²) >= 11 is 0. The lowest BCUT2D eigenvalue weighted by Crippen LogP contribution is -2.48. The zero-order chi connectivity index (χ0) is 22.5. The minimum Gasteiger partial charge on any atom is -0.322 e. The van der Waals surface area contributed by atoms with Gasteiger partial charge in [-0.05, 0) is 111 Å². The van der Waals surface area contributed by atoms with Crippen LogP contribution >= 0.6 is 0 Å². The molecule has 4 bridgehead atoms. The van der Waals surface area contributed by atoms with E-state index in [4.69, 9.17) is 0 Å². The first-order chi connectivity index (χ1) is 15.3. The van der Waals surface area contributed by atoms with Crippen molar-refractivity contribution in [3.63, 3.8) is 0 Å². The highest BCUT2D eigenvalue weighted by Crippen LogP contribution is 2.60. The second kappa shape index (κ2) is 7.91. The van der Waals surface area contributed by atoms with Crippen molar-refractivity contribution in [3.8, 4) is 0 Å². The Morgan fingerprint density at radius 3 is 1.97 bits per heavy atom. The molecular weight excluding hydrogens is 420 g/mol. The Morgan fingerprint density at radius 1 is 0.938 bits per heavy atom. The molecule has 6 rings (SSSR count). The molecule has 1 amide bonds. The van der Waals surface area contributed by atoms with Crippen molar-refractivity contribution in [2.75, 3.05) is 22.4 Å². The lowest BCUT2D eigenvalue weighted by molar-refractivity contribution is -0.00518. The minimum absolute atomic E-state index is 0.0327. The highest BCUT2D eigenvalue weighted by atomic mass is 32.2. The van der Waals surface area contributed by atoms with Crippen LogP contribution < -0.4 is 9.62 Å². The van der Waals surface area contributed by atoms with Gasteiger partial charge < -0.3 is 5.32 Å². The van der Waals surface area contributed by atoms with Crippen LogP contribution in [0.5, 0.6) is 0 Å². The Labute approximate surface area is 191 Å². The van der Waals surface area contributed by atoms with Crippen LogP contribution in [0.4, 0.5) is 11.4 Å². The van der Waals surface area contributed by atoms with Crippen molar-refractivity contribution in [1.29, 1.82) is 0 Å². The number of carbonyl (C=O) groups is 1. The monoisotopic (exact) mass is 452 g/mol. The van der Waals surface area contributed by atoms with Crippen molar-refractivity contribution in [2.24, 2.45) is 17.8 Å². The molecule has 0 radical (unpaired) electrons. The molecule has 0 atom stereocenters. The minimum atomic E-state index is -3.32. The van der Waals surface area contributed by atoms with Gasteiger partial charge in [0, 0.05) is 18.3 Å². The molecule has 0 spiro atoms. The fraction of sp³-hybridized carbons (Fsp3) is 0.500. The summed E-state index contributed by atoms with van der Waals surface area (Å²) in [5.74, 6) is 2.57. The molecule has 4 fully saturated rings. The second-order valence-corrected chi connectivity index (χ2v) is 12.4. The second-order valence-electron chi connectivity index (χ2n) is 10.1.